The van der Waals surface area contributed by atoms with Gasteiger partial charge < -0.3 is 9.84 Å². The molecule has 0 radical (unpaired) electrons. The van der Waals surface area contributed by atoms with Gasteiger partial charge in [0.05, 0.1) is 0 Å². The normalized spacial score (nSPS) is 21.5. The third-order valence-corrected chi connectivity index (χ3v) is 4.78. The highest BCUT2D eigenvalue weighted by molar-refractivity contribution is 5.68. The summed E-state index contributed by atoms with van der Waals surface area (Å²) in [5.74, 6) is 1.29. The number of ether oxygens (including phenoxy) is 1. The zero-order valence-electron chi connectivity index (χ0n) is 13.6. The van der Waals surface area contributed by atoms with Gasteiger partial charge in [-0.25, -0.2) is 4.79 Å². The Balaban J connectivity index is 1.77. The molecule has 0 aromatic heterocycles. The van der Waals surface area contributed by atoms with Gasteiger partial charge in [0.1, 0.15) is 5.75 Å². The van der Waals surface area contributed by atoms with E-state index in [1.54, 1.807) is 0 Å². The van der Waals surface area contributed by atoms with Gasteiger partial charge in [-0.1, -0.05) is 44.7 Å². The van der Waals surface area contributed by atoms with Crippen LogP contribution in [0.15, 0.2) is 24.3 Å². The number of hydrogen-bond donors (Lipinski definition) is 1. The minimum Gasteiger partial charge on any atom is -0.482 e. The fraction of sp³-hybridized carbons (Fsp3) is 0.632. The first kappa shape index (κ1) is 16.9. The van der Waals surface area contributed by atoms with Crippen LogP contribution in [-0.2, 0) is 4.79 Å². The summed E-state index contributed by atoms with van der Waals surface area (Å²) in [6, 6.07) is 7.98. The van der Waals surface area contributed by atoms with E-state index < -0.39 is 5.97 Å². The highest BCUT2D eigenvalue weighted by Crippen LogP contribution is 2.38. The van der Waals surface area contributed by atoms with Gasteiger partial charge in [0, 0.05) is 0 Å². The van der Waals surface area contributed by atoms with Crippen LogP contribution in [0.4, 0.5) is 0 Å². The number of aliphatic carboxylic acids is 1. The van der Waals surface area contributed by atoms with Crippen molar-refractivity contribution in [1.29, 1.82) is 0 Å². The molecule has 0 unspecified atom stereocenters. The number of benzene rings is 1. The third kappa shape index (κ3) is 5.36. The Bertz CT molecular complexity index is 444. The lowest BCUT2D eigenvalue weighted by Crippen LogP contribution is -2.13. The molecule has 0 amide bonds. The smallest absolute Gasteiger partial charge is 0.341 e. The molecule has 2 rings (SSSR count). The lowest BCUT2D eigenvalue weighted by atomic mass is 9.77. The summed E-state index contributed by atoms with van der Waals surface area (Å²) in [5, 5.41) is 8.61. The molecule has 1 aliphatic rings. The highest BCUT2D eigenvalue weighted by atomic mass is 16.5. The van der Waals surface area contributed by atoms with E-state index in [-0.39, 0.29) is 6.61 Å². The Morgan fingerprint density at radius 3 is 2.41 bits per heavy atom. The van der Waals surface area contributed by atoms with Gasteiger partial charge in [-0.15, -0.1) is 0 Å². The van der Waals surface area contributed by atoms with Crippen LogP contribution in [0, 0.1) is 5.92 Å². The molecule has 3 heteroatoms. The first-order valence-electron chi connectivity index (χ1n) is 8.63. The standard InChI is InChI=1S/C19H28O3/c1-2-3-4-5-15-6-8-16(9-7-15)17-10-12-18(13-11-17)22-14-19(20)21/h10-13,15-16H,2-9,14H2,1H3,(H,20,21). The molecule has 1 N–H and O–H groups in total. The summed E-state index contributed by atoms with van der Waals surface area (Å²) in [6.07, 6.45) is 10.8. The van der Waals surface area contributed by atoms with Crippen LogP contribution >= 0.6 is 0 Å². The molecule has 1 aromatic carbocycles. The summed E-state index contributed by atoms with van der Waals surface area (Å²) >= 11 is 0. The minimum atomic E-state index is -0.939. The van der Waals surface area contributed by atoms with Crippen molar-refractivity contribution in [3.05, 3.63) is 29.8 Å². The fourth-order valence-corrected chi connectivity index (χ4v) is 3.45. The number of carboxylic acids is 1. The van der Waals surface area contributed by atoms with Gasteiger partial charge >= 0.3 is 5.97 Å². The summed E-state index contributed by atoms with van der Waals surface area (Å²) < 4.78 is 5.18. The molecule has 1 aliphatic carbocycles. The quantitative estimate of drug-likeness (QED) is 0.687. The number of carbonyl (C=O) groups is 1. The van der Waals surface area contributed by atoms with Crippen molar-refractivity contribution in [3.8, 4) is 5.75 Å². The van der Waals surface area contributed by atoms with Crippen molar-refractivity contribution in [2.24, 2.45) is 5.92 Å². The van der Waals surface area contributed by atoms with Gasteiger partial charge in [-0.2, -0.15) is 0 Å². The van der Waals surface area contributed by atoms with E-state index in [9.17, 15) is 4.79 Å². The maximum Gasteiger partial charge on any atom is 0.341 e. The average molecular weight is 304 g/mol. The average Bonchev–Trinajstić information content (AvgIpc) is 2.54. The Morgan fingerprint density at radius 1 is 1.14 bits per heavy atom. The van der Waals surface area contributed by atoms with Gasteiger partial charge in [0.25, 0.3) is 0 Å². The first-order valence-corrected chi connectivity index (χ1v) is 8.63. The van der Waals surface area contributed by atoms with E-state index in [1.807, 2.05) is 12.1 Å². The van der Waals surface area contributed by atoms with Gasteiger partial charge in [0.15, 0.2) is 6.61 Å². The second kappa shape index (κ2) is 8.82. The summed E-state index contributed by atoms with van der Waals surface area (Å²) in [7, 11) is 0. The summed E-state index contributed by atoms with van der Waals surface area (Å²) in [6.45, 7) is 1.99. The minimum absolute atomic E-state index is 0.276. The van der Waals surface area contributed by atoms with Crippen LogP contribution in [0.5, 0.6) is 5.75 Å². The molecule has 1 fully saturated rings. The van der Waals surface area contributed by atoms with Crippen molar-refractivity contribution in [3.63, 3.8) is 0 Å². The van der Waals surface area contributed by atoms with Crippen molar-refractivity contribution in [1.82, 2.24) is 0 Å². The summed E-state index contributed by atoms with van der Waals surface area (Å²) in [4.78, 5) is 10.5. The molecule has 22 heavy (non-hydrogen) atoms. The Labute approximate surface area is 133 Å². The molecule has 1 saturated carbocycles. The van der Waals surface area contributed by atoms with Gasteiger partial charge in [-0.3, -0.25) is 0 Å². The summed E-state index contributed by atoms with van der Waals surface area (Å²) in [5.41, 5.74) is 1.37. The fourth-order valence-electron chi connectivity index (χ4n) is 3.45. The maximum atomic E-state index is 10.5. The van der Waals surface area contributed by atoms with E-state index in [1.165, 1.54) is 56.9 Å². The molecule has 0 aliphatic heterocycles. The van der Waals surface area contributed by atoms with Crippen LogP contribution in [0.2, 0.25) is 0 Å². The van der Waals surface area contributed by atoms with Crippen LogP contribution in [0.3, 0.4) is 0 Å². The molecule has 0 saturated heterocycles. The van der Waals surface area contributed by atoms with Crippen LogP contribution in [0.1, 0.15) is 69.8 Å². The molecule has 1 aromatic rings. The molecule has 122 valence electrons. The van der Waals surface area contributed by atoms with E-state index >= 15 is 0 Å². The molecule has 3 nitrogen and oxygen atoms in total. The van der Waals surface area contributed by atoms with Gasteiger partial charge in [-0.05, 0) is 55.2 Å². The molecule has 0 bridgehead atoms. The zero-order chi connectivity index (χ0) is 15.8. The molecular formula is C19H28O3. The van der Waals surface area contributed by atoms with Crippen LogP contribution in [-0.4, -0.2) is 17.7 Å². The third-order valence-electron chi connectivity index (χ3n) is 4.78. The molecular weight excluding hydrogens is 276 g/mol. The lowest BCUT2D eigenvalue weighted by molar-refractivity contribution is -0.139. The van der Waals surface area contributed by atoms with Crippen molar-refractivity contribution >= 4 is 5.97 Å². The lowest BCUT2D eigenvalue weighted by Gasteiger charge is -2.29. The number of rotatable bonds is 8. The van der Waals surface area contributed by atoms with E-state index in [2.05, 4.69) is 19.1 Å². The molecule has 0 spiro atoms. The molecule has 0 heterocycles. The Hall–Kier alpha value is -1.51. The van der Waals surface area contributed by atoms with Crippen molar-refractivity contribution in [2.45, 2.75) is 64.2 Å². The second-order valence-electron chi connectivity index (χ2n) is 6.46. The predicted octanol–water partition coefficient (Wildman–Crippen LogP) is 5.00. The molecule has 0 atom stereocenters. The van der Waals surface area contributed by atoms with Gasteiger partial charge in [0.2, 0.25) is 0 Å². The second-order valence-corrected chi connectivity index (χ2v) is 6.46. The maximum absolute atomic E-state index is 10.5. The predicted molar refractivity (Wildman–Crippen MR) is 88.4 cm³/mol. The van der Waals surface area contributed by atoms with Crippen molar-refractivity contribution < 1.29 is 14.6 Å². The number of carboxylic acid groups (broad SMARTS) is 1. The van der Waals surface area contributed by atoms with E-state index in [0.717, 1.165) is 5.92 Å². The zero-order valence-corrected chi connectivity index (χ0v) is 13.6. The van der Waals surface area contributed by atoms with E-state index in [4.69, 9.17) is 9.84 Å². The SMILES string of the molecule is CCCCCC1CCC(c2ccc(OCC(=O)O)cc2)CC1. The monoisotopic (exact) mass is 304 g/mol. The van der Waals surface area contributed by atoms with Crippen molar-refractivity contribution in [2.75, 3.05) is 6.61 Å². The Kier molecular flexibility index (Phi) is 6.75. The van der Waals surface area contributed by atoms with Crippen LogP contribution < -0.4 is 4.74 Å². The highest BCUT2D eigenvalue weighted by Gasteiger charge is 2.21. The van der Waals surface area contributed by atoms with E-state index in [0.29, 0.717) is 11.7 Å². The van der Waals surface area contributed by atoms with Crippen LogP contribution in [0.25, 0.3) is 0 Å². The number of hydrogen-bond acceptors (Lipinski definition) is 2. The topological polar surface area (TPSA) is 46.5 Å². The number of unbranched alkanes of at least 4 members (excludes halogenated alkanes) is 2. The first-order chi connectivity index (χ1) is 10.7. The Morgan fingerprint density at radius 2 is 1.82 bits per heavy atom. The largest absolute Gasteiger partial charge is 0.482 e.